The zero-order valence-electron chi connectivity index (χ0n) is 8.88. The Bertz CT molecular complexity index is 462. The van der Waals surface area contributed by atoms with Crippen LogP contribution in [0.15, 0.2) is 28.7 Å². The van der Waals surface area contributed by atoms with Gasteiger partial charge in [-0.15, -0.1) is 0 Å². The SMILES string of the molecule is CC(C)NCc1cc2c(F)cccc2o1. The maximum atomic E-state index is 13.3. The van der Waals surface area contributed by atoms with Gasteiger partial charge in [0.15, 0.2) is 0 Å². The Kier molecular flexibility index (Phi) is 2.73. The van der Waals surface area contributed by atoms with Gasteiger partial charge in [-0.2, -0.15) is 0 Å². The molecule has 1 N–H and O–H groups in total. The average Bonchev–Trinajstić information content (AvgIpc) is 2.59. The standard InChI is InChI=1S/C12H14FNO/c1-8(2)14-7-9-6-10-11(13)4-3-5-12(10)15-9/h3-6,8,14H,7H2,1-2H3. The monoisotopic (exact) mass is 207 g/mol. The molecule has 0 bridgehead atoms. The van der Waals surface area contributed by atoms with Crippen LogP contribution < -0.4 is 5.32 Å². The summed E-state index contributed by atoms with van der Waals surface area (Å²) in [5.41, 5.74) is 0.607. The molecule has 0 aliphatic rings. The number of fused-ring (bicyclic) bond motifs is 1. The van der Waals surface area contributed by atoms with Crippen molar-refractivity contribution in [3.05, 3.63) is 35.8 Å². The number of halogens is 1. The summed E-state index contributed by atoms with van der Waals surface area (Å²) < 4.78 is 18.8. The highest BCUT2D eigenvalue weighted by atomic mass is 19.1. The fraction of sp³-hybridized carbons (Fsp3) is 0.333. The number of nitrogens with one attached hydrogen (secondary N) is 1. The lowest BCUT2D eigenvalue weighted by molar-refractivity contribution is 0.488. The van der Waals surface area contributed by atoms with Crippen molar-refractivity contribution in [2.75, 3.05) is 0 Å². The number of furan rings is 1. The van der Waals surface area contributed by atoms with Crippen LogP contribution in [0.5, 0.6) is 0 Å². The molecule has 0 radical (unpaired) electrons. The molecule has 0 saturated carbocycles. The Labute approximate surface area is 88.1 Å². The summed E-state index contributed by atoms with van der Waals surface area (Å²) in [4.78, 5) is 0. The molecule has 0 atom stereocenters. The Hall–Kier alpha value is -1.35. The quantitative estimate of drug-likeness (QED) is 0.836. The van der Waals surface area contributed by atoms with Crippen LogP contribution in [0.4, 0.5) is 4.39 Å². The van der Waals surface area contributed by atoms with E-state index >= 15 is 0 Å². The van der Waals surface area contributed by atoms with E-state index in [1.54, 1.807) is 18.2 Å². The van der Waals surface area contributed by atoms with Crippen molar-refractivity contribution in [2.45, 2.75) is 26.4 Å². The summed E-state index contributed by atoms with van der Waals surface area (Å²) >= 11 is 0. The number of benzene rings is 1. The number of rotatable bonds is 3. The molecule has 1 aromatic heterocycles. The van der Waals surface area contributed by atoms with Crippen LogP contribution in [-0.2, 0) is 6.54 Å². The second-order valence-electron chi connectivity index (χ2n) is 3.90. The first-order valence-electron chi connectivity index (χ1n) is 5.07. The van der Waals surface area contributed by atoms with E-state index in [0.29, 0.717) is 23.6 Å². The minimum atomic E-state index is -0.230. The van der Waals surface area contributed by atoms with Gasteiger partial charge >= 0.3 is 0 Å². The first kappa shape index (κ1) is 10.2. The first-order valence-corrected chi connectivity index (χ1v) is 5.07. The van der Waals surface area contributed by atoms with Crippen LogP contribution in [-0.4, -0.2) is 6.04 Å². The van der Waals surface area contributed by atoms with Crippen LogP contribution in [0.1, 0.15) is 19.6 Å². The van der Waals surface area contributed by atoms with Gasteiger partial charge in [-0.25, -0.2) is 4.39 Å². The van der Waals surface area contributed by atoms with Gasteiger partial charge in [0.2, 0.25) is 0 Å². The Morgan fingerprint density at radius 1 is 1.40 bits per heavy atom. The van der Waals surface area contributed by atoms with Gasteiger partial charge in [-0.3, -0.25) is 0 Å². The third-order valence-corrected chi connectivity index (χ3v) is 2.24. The Morgan fingerprint density at radius 3 is 2.87 bits per heavy atom. The second kappa shape index (κ2) is 4.03. The molecule has 2 nitrogen and oxygen atoms in total. The predicted octanol–water partition coefficient (Wildman–Crippen LogP) is 3.07. The molecule has 0 unspecified atom stereocenters. The molecule has 15 heavy (non-hydrogen) atoms. The highest BCUT2D eigenvalue weighted by Crippen LogP contribution is 2.21. The summed E-state index contributed by atoms with van der Waals surface area (Å²) in [7, 11) is 0. The van der Waals surface area contributed by atoms with Crippen molar-refractivity contribution in [1.29, 1.82) is 0 Å². The molecule has 0 aliphatic heterocycles. The van der Waals surface area contributed by atoms with Gasteiger partial charge in [-0.1, -0.05) is 19.9 Å². The Morgan fingerprint density at radius 2 is 2.20 bits per heavy atom. The fourth-order valence-electron chi connectivity index (χ4n) is 1.47. The predicted molar refractivity (Wildman–Crippen MR) is 58.1 cm³/mol. The second-order valence-corrected chi connectivity index (χ2v) is 3.90. The molecule has 2 rings (SSSR count). The van der Waals surface area contributed by atoms with Crippen LogP contribution in [0.2, 0.25) is 0 Å². The van der Waals surface area contributed by atoms with Gasteiger partial charge in [0.25, 0.3) is 0 Å². The molecule has 1 aromatic carbocycles. The smallest absolute Gasteiger partial charge is 0.137 e. The van der Waals surface area contributed by atoms with E-state index in [9.17, 15) is 4.39 Å². The molecular formula is C12H14FNO. The summed E-state index contributed by atoms with van der Waals surface area (Å²) in [5, 5.41) is 3.78. The largest absolute Gasteiger partial charge is 0.460 e. The van der Waals surface area contributed by atoms with E-state index in [2.05, 4.69) is 19.2 Å². The van der Waals surface area contributed by atoms with Gasteiger partial charge in [0, 0.05) is 6.04 Å². The molecule has 3 heteroatoms. The normalized spacial score (nSPS) is 11.5. The van der Waals surface area contributed by atoms with Crippen LogP contribution in [0, 0.1) is 5.82 Å². The lowest BCUT2D eigenvalue weighted by Gasteiger charge is -2.04. The number of hydrogen-bond acceptors (Lipinski definition) is 2. The topological polar surface area (TPSA) is 25.2 Å². The zero-order chi connectivity index (χ0) is 10.8. The molecular weight excluding hydrogens is 193 g/mol. The van der Waals surface area contributed by atoms with E-state index in [0.717, 1.165) is 5.76 Å². The minimum absolute atomic E-state index is 0.230. The van der Waals surface area contributed by atoms with E-state index in [1.165, 1.54) is 6.07 Å². The lowest BCUT2D eigenvalue weighted by atomic mass is 10.2. The molecule has 80 valence electrons. The van der Waals surface area contributed by atoms with Crippen LogP contribution in [0.3, 0.4) is 0 Å². The van der Waals surface area contributed by atoms with Crippen molar-refractivity contribution in [3.8, 4) is 0 Å². The zero-order valence-corrected chi connectivity index (χ0v) is 8.88. The molecule has 0 saturated heterocycles. The minimum Gasteiger partial charge on any atom is -0.460 e. The highest BCUT2D eigenvalue weighted by Gasteiger charge is 2.07. The third-order valence-electron chi connectivity index (χ3n) is 2.24. The van der Waals surface area contributed by atoms with Crippen molar-refractivity contribution in [1.82, 2.24) is 5.32 Å². The third kappa shape index (κ3) is 2.18. The maximum absolute atomic E-state index is 13.3. The molecule has 0 spiro atoms. The average molecular weight is 207 g/mol. The van der Waals surface area contributed by atoms with Crippen molar-refractivity contribution < 1.29 is 8.81 Å². The van der Waals surface area contributed by atoms with Crippen molar-refractivity contribution in [2.24, 2.45) is 0 Å². The van der Waals surface area contributed by atoms with E-state index < -0.39 is 0 Å². The highest BCUT2D eigenvalue weighted by molar-refractivity contribution is 5.78. The number of hydrogen-bond donors (Lipinski definition) is 1. The van der Waals surface area contributed by atoms with Gasteiger partial charge < -0.3 is 9.73 Å². The van der Waals surface area contributed by atoms with E-state index in [4.69, 9.17) is 4.42 Å². The molecule has 0 aliphatic carbocycles. The van der Waals surface area contributed by atoms with Gasteiger partial charge in [0.1, 0.15) is 17.2 Å². The van der Waals surface area contributed by atoms with Gasteiger partial charge in [0.05, 0.1) is 11.9 Å². The van der Waals surface area contributed by atoms with E-state index in [-0.39, 0.29) is 5.82 Å². The summed E-state index contributed by atoms with van der Waals surface area (Å²) in [6, 6.07) is 7.01. The maximum Gasteiger partial charge on any atom is 0.137 e. The summed E-state index contributed by atoms with van der Waals surface area (Å²) in [5.74, 6) is 0.538. The van der Waals surface area contributed by atoms with Crippen LogP contribution >= 0.6 is 0 Å². The van der Waals surface area contributed by atoms with Gasteiger partial charge in [-0.05, 0) is 18.2 Å². The molecule has 1 heterocycles. The molecule has 0 fully saturated rings. The van der Waals surface area contributed by atoms with Crippen molar-refractivity contribution in [3.63, 3.8) is 0 Å². The fourth-order valence-corrected chi connectivity index (χ4v) is 1.47. The Balaban J connectivity index is 2.27. The summed E-state index contributed by atoms with van der Waals surface area (Å²) in [6.07, 6.45) is 0. The lowest BCUT2D eigenvalue weighted by Crippen LogP contribution is -2.21. The molecule has 2 aromatic rings. The summed E-state index contributed by atoms with van der Waals surface area (Å²) in [6.45, 7) is 4.75. The van der Waals surface area contributed by atoms with Crippen molar-refractivity contribution >= 4 is 11.0 Å². The first-order chi connectivity index (χ1) is 7.16. The van der Waals surface area contributed by atoms with Crippen LogP contribution in [0.25, 0.3) is 11.0 Å². The molecule has 0 amide bonds. The van der Waals surface area contributed by atoms with E-state index in [1.807, 2.05) is 0 Å².